The second-order valence-electron chi connectivity index (χ2n) is 6.72. The Bertz CT molecular complexity index is 377. The van der Waals surface area contributed by atoms with Crippen LogP contribution >= 0.6 is 0 Å². The number of nitrogens with zero attached hydrogens (tertiary/aromatic N) is 2. The molecule has 1 aliphatic carbocycles. The molecular formula is C14H24N2O3. The van der Waals surface area contributed by atoms with Crippen LogP contribution in [0, 0.1) is 5.41 Å². The van der Waals surface area contributed by atoms with Crippen molar-refractivity contribution in [3.63, 3.8) is 0 Å². The average Bonchev–Trinajstić information content (AvgIpc) is 3.07. The van der Waals surface area contributed by atoms with E-state index in [1.165, 1.54) is 0 Å². The fourth-order valence-corrected chi connectivity index (χ4v) is 3.05. The zero-order valence-corrected chi connectivity index (χ0v) is 12.1. The third-order valence-corrected chi connectivity index (χ3v) is 4.00. The van der Waals surface area contributed by atoms with Crippen molar-refractivity contribution in [2.45, 2.75) is 51.6 Å². The third-order valence-electron chi connectivity index (χ3n) is 4.00. The molecular weight excluding hydrogens is 244 g/mol. The highest BCUT2D eigenvalue weighted by Crippen LogP contribution is 2.34. The molecule has 1 atom stereocenters. The SMILES string of the molecule is CN1CC(C)(C)CN(C2CC2)C(=O)C1CCC(=O)O. The Labute approximate surface area is 114 Å². The van der Waals surface area contributed by atoms with Crippen LogP contribution in [0.25, 0.3) is 0 Å². The fraction of sp³-hybridized carbons (Fsp3) is 0.857. The monoisotopic (exact) mass is 268 g/mol. The van der Waals surface area contributed by atoms with Gasteiger partial charge in [-0.15, -0.1) is 0 Å². The van der Waals surface area contributed by atoms with Gasteiger partial charge < -0.3 is 10.0 Å². The van der Waals surface area contributed by atoms with E-state index < -0.39 is 5.97 Å². The van der Waals surface area contributed by atoms with Gasteiger partial charge in [0.2, 0.25) is 5.91 Å². The molecule has 108 valence electrons. The number of carbonyl (C=O) groups excluding carboxylic acids is 1. The van der Waals surface area contributed by atoms with E-state index in [4.69, 9.17) is 5.11 Å². The topological polar surface area (TPSA) is 60.9 Å². The van der Waals surface area contributed by atoms with E-state index in [2.05, 4.69) is 13.8 Å². The van der Waals surface area contributed by atoms with E-state index in [1.54, 1.807) is 0 Å². The van der Waals surface area contributed by atoms with Crippen molar-refractivity contribution in [3.8, 4) is 0 Å². The van der Waals surface area contributed by atoms with E-state index >= 15 is 0 Å². The summed E-state index contributed by atoms with van der Waals surface area (Å²) in [7, 11) is 1.93. The van der Waals surface area contributed by atoms with Crippen molar-refractivity contribution in [1.29, 1.82) is 0 Å². The van der Waals surface area contributed by atoms with Gasteiger partial charge in [0, 0.05) is 25.6 Å². The van der Waals surface area contributed by atoms with Gasteiger partial charge in [-0.1, -0.05) is 13.8 Å². The molecule has 5 heteroatoms. The van der Waals surface area contributed by atoms with Gasteiger partial charge in [0.25, 0.3) is 0 Å². The maximum absolute atomic E-state index is 12.6. The number of carboxylic acids is 1. The number of amides is 1. The quantitative estimate of drug-likeness (QED) is 0.832. The van der Waals surface area contributed by atoms with Crippen molar-refractivity contribution in [3.05, 3.63) is 0 Å². The van der Waals surface area contributed by atoms with Crippen LogP contribution in [0.3, 0.4) is 0 Å². The largest absolute Gasteiger partial charge is 0.481 e. The molecule has 1 heterocycles. The van der Waals surface area contributed by atoms with E-state index in [1.807, 2.05) is 16.8 Å². The predicted octanol–water partition coefficient (Wildman–Crippen LogP) is 1.18. The molecule has 1 saturated heterocycles. The maximum Gasteiger partial charge on any atom is 0.303 e. The van der Waals surface area contributed by atoms with Crippen LogP contribution in [-0.2, 0) is 9.59 Å². The Hall–Kier alpha value is -1.10. The molecule has 1 aliphatic heterocycles. The summed E-state index contributed by atoms with van der Waals surface area (Å²) >= 11 is 0. The van der Waals surface area contributed by atoms with Crippen LogP contribution < -0.4 is 0 Å². The summed E-state index contributed by atoms with van der Waals surface area (Å²) < 4.78 is 0. The Morgan fingerprint density at radius 1 is 1.37 bits per heavy atom. The second kappa shape index (κ2) is 5.12. The lowest BCUT2D eigenvalue weighted by atomic mass is 9.92. The Morgan fingerprint density at radius 3 is 2.53 bits per heavy atom. The summed E-state index contributed by atoms with van der Waals surface area (Å²) in [5.74, 6) is -0.709. The Balaban J connectivity index is 2.15. The highest BCUT2D eigenvalue weighted by Gasteiger charge is 2.43. The first-order valence-corrected chi connectivity index (χ1v) is 7.03. The van der Waals surface area contributed by atoms with Crippen molar-refractivity contribution in [2.75, 3.05) is 20.1 Å². The first kappa shape index (κ1) is 14.3. The van der Waals surface area contributed by atoms with Gasteiger partial charge in [-0.3, -0.25) is 14.5 Å². The van der Waals surface area contributed by atoms with Gasteiger partial charge in [-0.05, 0) is 31.7 Å². The summed E-state index contributed by atoms with van der Waals surface area (Å²) in [6.45, 7) is 5.95. The summed E-state index contributed by atoms with van der Waals surface area (Å²) in [4.78, 5) is 27.4. The molecule has 1 saturated carbocycles. The standard InChI is InChI=1S/C14H24N2O3/c1-14(2)8-15(3)11(6-7-12(17)18)13(19)16(9-14)10-4-5-10/h10-11H,4-9H2,1-3H3,(H,17,18). The van der Waals surface area contributed by atoms with Crippen LogP contribution in [0.4, 0.5) is 0 Å². The zero-order valence-electron chi connectivity index (χ0n) is 12.1. The number of aliphatic carboxylic acids is 1. The maximum atomic E-state index is 12.6. The van der Waals surface area contributed by atoms with Gasteiger partial charge >= 0.3 is 5.97 Å². The van der Waals surface area contributed by atoms with Crippen molar-refractivity contribution >= 4 is 11.9 Å². The minimum absolute atomic E-state index is 0.0552. The smallest absolute Gasteiger partial charge is 0.303 e. The average molecular weight is 268 g/mol. The lowest BCUT2D eigenvalue weighted by molar-refractivity contribution is -0.139. The van der Waals surface area contributed by atoms with E-state index in [9.17, 15) is 9.59 Å². The number of hydrogen-bond donors (Lipinski definition) is 1. The number of carboxylic acid groups (broad SMARTS) is 1. The zero-order chi connectivity index (χ0) is 14.2. The number of carbonyl (C=O) groups is 2. The number of rotatable bonds is 4. The fourth-order valence-electron chi connectivity index (χ4n) is 3.05. The summed E-state index contributed by atoms with van der Waals surface area (Å²) in [5.41, 5.74) is 0.0605. The van der Waals surface area contributed by atoms with E-state index in [-0.39, 0.29) is 23.8 Å². The molecule has 0 aromatic heterocycles. The van der Waals surface area contributed by atoms with Crippen LogP contribution in [0.2, 0.25) is 0 Å². The lowest BCUT2D eigenvalue weighted by Crippen LogP contribution is -2.45. The first-order valence-electron chi connectivity index (χ1n) is 7.03. The molecule has 2 rings (SSSR count). The van der Waals surface area contributed by atoms with E-state index in [0.29, 0.717) is 12.5 Å². The highest BCUT2D eigenvalue weighted by atomic mass is 16.4. The third kappa shape index (κ3) is 3.47. The molecule has 1 N–H and O–H groups in total. The van der Waals surface area contributed by atoms with Gasteiger partial charge in [0.15, 0.2) is 0 Å². The van der Waals surface area contributed by atoms with Crippen molar-refractivity contribution in [1.82, 2.24) is 9.80 Å². The molecule has 5 nitrogen and oxygen atoms in total. The Morgan fingerprint density at radius 2 is 2.00 bits per heavy atom. The minimum atomic E-state index is -0.831. The molecule has 0 radical (unpaired) electrons. The summed E-state index contributed by atoms with van der Waals surface area (Å²) in [6, 6.07) is 0.115. The van der Waals surface area contributed by atoms with Crippen LogP contribution in [-0.4, -0.2) is 59.0 Å². The van der Waals surface area contributed by atoms with Crippen LogP contribution in [0.15, 0.2) is 0 Å². The summed E-state index contributed by atoms with van der Waals surface area (Å²) in [6.07, 6.45) is 2.65. The van der Waals surface area contributed by atoms with Crippen molar-refractivity contribution < 1.29 is 14.7 Å². The molecule has 2 fully saturated rings. The first-order chi connectivity index (χ1) is 8.80. The predicted molar refractivity (Wildman–Crippen MR) is 71.8 cm³/mol. The minimum Gasteiger partial charge on any atom is -0.481 e. The molecule has 0 aromatic rings. The molecule has 1 amide bonds. The Kier molecular flexibility index (Phi) is 3.85. The molecule has 2 aliphatic rings. The molecule has 1 unspecified atom stereocenters. The second-order valence-corrected chi connectivity index (χ2v) is 6.72. The lowest BCUT2D eigenvalue weighted by Gasteiger charge is -2.29. The van der Waals surface area contributed by atoms with Crippen LogP contribution in [0.5, 0.6) is 0 Å². The molecule has 19 heavy (non-hydrogen) atoms. The van der Waals surface area contributed by atoms with Gasteiger partial charge in [-0.25, -0.2) is 0 Å². The normalized spacial score (nSPS) is 28.3. The highest BCUT2D eigenvalue weighted by molar-refractivity contribution is 5.83. The van der Waals surface area contributed by atoms with Gasteiger partial charge in [-0.2, -0.15) is 0 Å². The number of likely N-dealkylation sites (N-methyl/N-ethyl adjacent to an activating group) is 1. The van der Waals surface area contributed by atoms with Crippen molar-refractivity contribution in [2.24, 2.45) is 5.41 Å². The van der Waals surface area contributed by atoms with Crippen LogP contribution in [0.1, 0.15) is 39.5 Å². The van der Waals surface area contributed by atoms with Gasteiger partial charge in [0.05, 0.1) is 6.04 Å². The molecule has 0 bridgehead atoms. The van der Waals surface area contributed by atoms with Gasteiger partial charge in [0.1, 0.15) is 0 Å². The molecule has 0 spiro atoms. The summed E-state index contributed by atoms with van der Waals surface area (Å²) in [5, 5.41) is 8.83. The molecule has 0 aromatic carbocycles. The van der Waals surface area contributed by atoms with E-state index in [0.717, 1.165) is 25.9 Å². The number of hydrogen-bond acceptors (Lipinski definition) is 3.